The average Bonchev–Trinajstić information content (AvgIpc) is 3.13. The van der Waals surface area contributed by atoms with Crippen molar-refractivity contribution >= 4 is 11.8 Å². The predicted molar refractivity (Wildman–Crippen MR) is 99.0 cm³/mol. The van der Waals surface area contributed by atoms with Crippen LogP contribution in [0.15, 0.2) is 0 Å². The molecule has 6 fully saturated rings. The number of likely N-dealkylation sites (tertiary alicyclic amines) is 1. The van der Waals surface area contributed by atoms with Crippen molar-refractivity contribution in [2.45, 2.75) is 63.8 Å². The molecule has 0 radical (unpaired) electrons. The molecule has 3 unspecified atom stereocenters. The lowest BCUT2D eigenvalue weighted by Crippen LogP contribution is -2.48. The molecule has 144 valence electrons. The maximum Gasteiger partial charge on any atom is 0.241 e. The van der Waals surface area contributed by atoms with Gasteiger partial charge in [-0.15, -0.1) is 0 Å². The molecule has 5 heteroatoms. The van der Waals surface area contributed by atoms with Gasteiger partial charge in [0.05, 0.1) is 6.54 Å². The van der Waals surface area contributed by atoms with Gasteiger partial charge in [-0.1, -0.05) is 0 Å². The van der Waals surface area contributed by atoms with E-state index in [4.69, 9.17) is 5.73 Å². The summed E-state index contributed by atoms with van der Waals surface area (Å²) in [6.45, 7) is 1.79. The van der Waals surface area contributed by atoms with Crippen LogP contribution in [0.25, 0.3) is 0 Å². The molecule has 1 saturated heterocycles. The zero-order valence-corrected chi connectivity index (χ0v) is 15.8. The highest BCUT2D eigenvalue weighted by atomic mass is 16.2. The van der Waals surface area contributed by atoms with Crippen molar-refractivity contribution in [1.29, 1.82) is 0 Å². The molecule has 2 amide bonds. The first-order valence-corrected chi connectivity index (χ1v) is 10.8. The van der Waals surface area contributed by atoms with Crippen LogP contribution >= 0.6 is 0 Å². The largest absolute Gasteiger partial charge is 0.347 e. The smallest absolute Gasteiger partial charge is 0.241 e. The van der Waals surface area contributed by atoms with Crippen LogP contribution in [0.4, 0.5) is 0 Å². The van der Waals surface area contributed by atoms with E-state index in [1.165, 1.54) is 38.5 Å². The van der Waals surface area contributed by atoms with Gasteiger partial charge < -0.3 is 16.0 Å². The molecule has 4 bridgehead atoms. The molecule has 3 N–H and O–H groups in total. The van der Waals surface area contributed by atoms with E-state index in [0.29, 0.717) is 18.3 Å². The Morgan fingerprint density at radius 1 is 1.00 bits per heavy atom. The van der Waals surface area contributed by atoms with Crippen molar-refractivity contribution < 1.29 is 9.59 Å². The third-order valence-corrected chi connectivity index (χ3v) is 8.40. The molecule has 0 aromatic heterocycles. The Kier molecular flexibility index (Phi) is 4.07. The first kappa shape index (κ1) is 17.0. The highest BCUT2D eigenvalue weighted by Gasteiger charge is 2.51. The van der Waals surface area contributed by atoms with Gasteiger partial charge >= 0.3 is 0 Å². The Morgan fingerprint density at radius 2 is 1.65 bits per heavy atom. The fourth-order valence-electron chi connectivity index (χ4n) is 7.71. The number of rotatable bonds is 4. The zero-order chi connectivity index (χ0) is 17.9. The van der Waals surface area contributed by atoms with E-state index >= 15 is 0 Å². The molecule has 0 aromatic rings. The maximum absolute atomic E-state index is 12.6. The van der Waals surface area contributed by atoms with Gasteiger partial charge in [0.1, 0.15) is 0 Å². The molecule has 5 aliphatic carbocycles. The third kappa shape index (κ3) is 2.96. The van der Waals surface area contributed by atoms with E-state index in [-0.39, 0.29) is 29.8 Å². The van der Waals surface area contributed by atoms with Gasteiger partial charge in [0.25, 0.3) is 0 Å². The number of carbonyl (C=O) groups excluding carboxylic acids is 2. The number of amides is 2. The molecule has 0 aromatic carbocycles. The summed E-state index contributed by atoms with van der Waals surface area (Å²) >= 11 is 0. The molecule has 0 spiro atoms. The van der Waals surface area contributed by atoms with Gasteiger partial charge in [0.15, 0.2) is 0 Å². The second-order valence-electron chi connectivity index (χ2n) is 10.3. The van der Waals surface area contributed by atoms with E-state index in [9.17, 15) is 9.59 Å². The summed E-state index contributed by atoms with van der Waals surface area (Å²) in [5, 5.41) is 2.95. The van der Waals surface area contributed by atoms with E-state index < -0.39 is 0 Å². The first-order chi connectivity index (χ1) is 12.5. The van der Waals surface area contributed by atoms with Crippen molar-refractivity contribution in [3.63, 3.8) is 0 Å². The maximum atomic E-state index is 12.6. The molecular weight excluding hydrogens is 326 g/mol. The highest BCUT2D eigenvalue weighted by Crippen LogP contribution is 2.61. The lowest BCUT2D eigenvalue weighted by Gasteiger charge is -2.56. The lowest BCUT2D eigenvalue weighted by molar-refractivity contribution is -0.135. The van der Waals surface area contributed by atoms with Crippen LogP contribution in [0.5, 0.6) is 0 Å². The summed E-state index contributed by atoms with van der Waals surface area (Å²) in [4.78, 5) is 27.0. The normalized spacial score (nSPS) is 45.8. The van der Waals surface area contributed by atoms with Gasteiger partial charge in [0, 0.05) is 25.6 Å². The highest BCUT2D eigenvalue weighted by molar-refractivity contribution is 5.85. The summed E-state index contributed by atoms with van der Waals surface area (Å²) in [5.74, 6) is 3.82. The first-order valence-electron chi connectivity index (χ1n) is 10.8. The fourth-order valence-corrected chi connectivity index (χ4v) is 7.71. The Morgan fingerprint density at radius 3 is 2.27 bits per heavy atom. The number of hydrogen-bond acceptors (Lipinski definition) is 3. The third-order valence-electron chi connectivity index (χ3n) is 8.40. The molecular formula is C21H33N3O2. The van der Waals surface area contributed by atoms with Crippen molar-refractivity contribution in [3.8, 4) is 0 Å². The van der Waals surface area contributed by atoms with Gasteiger partial charge in [0.2, 0.25) is 11.8 Å². The summed E-state index contributed by atoms with van der Waals surface area (Å²) < 4.78 is 0. The topological polar surface area (TPSA) is 75.4 Å². The predicted octanol–water partition coefficient (Wildman–Crippen LogP) is 1.90. The fraction of sp³-hybridized carbons (Fsp3) is 0.905. The van der Waals surface area contributed by atoms with Crippen LogP contribution in [0, 0.1) is 35.0 Å². The summed E-state index contributed by atoms with van der Waals surface area (Å²) in [7, 11) is 0. The van der Waals surface area contributed by atoms with Crippen LogP contribution in [0.2, 0.25) is 0 Å². The molecule has 5 saturated carbocycles. The quantitative estimate of drug-likeness (QED) is 0.805. The Labute approximate surface area is 156 Å². The van der Waals surface area contributed by atoms with Crippen LogP contribution in [-0.4, -0.2) is 42.4 Å². The van der Waals surface area contributed by atoms with E-state index in [0.717, 1.165) is 43.7 Å². The van der Waals surface area contributed by atoms with E-state index in [1.54, 1.807) is 0 Å². The molecule has 6 rings (SSSR count). The molecule has 1 heterocycles. The number of nitrogens with two attached hydrogens (primary N) is 1. The van der Waals surface area contributed by atoms with Gasteiger partial charge in [-0.3, -0.25) is 9.59 Å². The summed E-state index contributed by atoms with van der Waals surface area (Å²) in [6.07, 6.45) is 10.8. The minimum Gasteiger partial charge on any atom is -0.347 e. The van der Waals surface area contributed by atoms with E-state index in [2.05, 4.69) is 5.32 Å². The number of hydrogen-bond donors (Lipinski definition) is 2. The van der Waals surface area contributed by atoms with Gasteiger partial charge in [-0.2, -0.15) is 0 Å². The monoisotopic (exact) mass is 359 g/mol. The van der Waals surface area contributed by atoms with Crippen LogP contribution in [-0.2, 0) is 9.59 Å². The number of nitrogens with zero attached hydrogens (tertiary/aromatic N) is 1. The van der Waals surface area contributed by atoms with Crippen molar-refractivity contribution in [2.24, 2.45) is 40.7 Å². The van der Waals surface area contributed by atoms with Crippen LogP contribution < -0.4 is 11.1 Å². The Hall–Kier alpha value is -1.10. The molecule has 5 nitrogen and oxygen atoms in total. The van der Waals surface area contributed by atoms with Crippen LogP contribution in [0.3, 0.4) is 0 Å². The molecule has 26 heavy (non-hydrogen) atoms. The summed E-state index contributed by atoms with van der Waals surface area (Å²) in [6, 6.07) is 0.253. The second-order valence-corrected chi connectivity index (χ2v) is 10.3. The summed E-state index contributed by atoms with van der Waals surface area (Å²) in [5.41, 5.74) is 6.41. The number of fused-ring (bicyclic) bond motifs is 1. The standard InChI is InChI=1S/C21H33N3O2/c22-18-2-1-16-11-24(12-17(16)18)20(26)10-23-19(25)9-21-6-13-3-14(7-21)5-15(4-13)8-21/h13-18H,1-12,22H2,(H,23,25). The van der Waals surface area contributed by atoms with Crippen molar-refractivity contribution in [1.82, 2.24) is 10.2 Å². The second kappa shape index (κ2) is 6.22. The number of carbonyl (C=O) groups is 2. The minimum atomic E-state index is 0.0745. The Bertz CT molecular complexity index is 569. The van der Waals surface area contributed by atoms with Crippen molar-refractivity contribution in [2.75, 3.05) is 19.6 Å². The number of nitrogens with one attached hydrogen (secondary N) is 1. The molecule has 3 atom stereocenters. The van der Waals surface area contributed by atoms with Gasteiger partial charge in [-0.25, -0.2) is 0 Å². The SMILES string of the molecule is NC1CCC2CN(C(=O)CNC(=O)CC34CC5CC(CC(C5)C3)C4)CC12. The van der Waals surface area contributed by atoms with E-state index in [1.807, 2.05) is 4.90 Å². The molecule has 1 aliphatic heterocycles. The zero-order valence-electron chi connectivity index (χ0n) is 15.8. The Balaban J connectivity index is 1.12. The van der Waals surface area contributed by atoms with Crippen molar-refractivity contribution in [3.05, 3.63) is 0 Å². The molecule has 6 aliphatic rings. The minimum absolute atomic E-state index is 0.0745. The average molecular weight is 360 g/mol. The van der Waals surface area contributed by atoms with Gasteiger partial charge in [-0.05, 0) is 86.4 Å². The van der Waals surface area contributed by atoms with Crippen LogP contribution in [0.1, 0.15) is 57.8 Å². The lowest BCUT2D eigenvalue weighted by atomic mass is 9.49.